The third kappa shape index (κ3) is 4.61. The Morgan fingerprint density at radius 1 is 1.59 bits per heavy atom. The van der Waals surface area contributed by atoms with Gasteiger partial charge >= 0.3 is 0 Å². The molecule has 1 amide bonds. The molecule has 1 rings (SSSR count). The molecule has 2 N–H and O–H groups in total. The average molecular weight is 264 g/mol. The SMILES string of the molecule is C[C@H](O)CNC(=O)C1CCCN(S(C)(=O)=O)C1. The van der Waals surface area contributed by atoms with Crippen LogP contribution in [0.4, 0.5) is 0 Å². The lowest BCUT2D eigenvalue weighted by Crippen LogP contribution is -2.46. The van der Waals surface area contributed by atoms with Crippen LogP contribution in [0.3, 0.4) is 0 Å². The van der Waals surface area contributed by atoms with E-state index >= 15 is 0 Å². The highest BCUT2D eigenvalue weighted by Crippen LogP contribution is 2.18. The third-order valence-corrected chi connectivity index (χ3v) is 4.07. The van der Waals surface area contributed by atoms with Crippen LogP contribution in [0.25, 0.3) is 0 Å². The van der Waals surface area contributed by atoms with Gasteiger partial charge in [-0.15, -0.1) is 0 Å². The van der Waals surface area contributed by atoms with Crippen molar-refractivity contribution in [3.63, 3.8) is 0 Å². The molecule has 17 heavy (non-hydrogen) atoms. The molecule has 1 aliphatic heterocycles. The minimum atomic E-state index is -3.22. The lowest BCUT2D eigenvalue weighted by molar-refractivity contribution is -0.126. The van der Waals surface area contributed by atoms with Crippen LogP contribution in [0.15, 0.2) is 0 Å². The molecule has 0 radical (unpaired) electrons. The number of sulfonamides is 1. The van der Waals surface area contributed by atoms with Crippen LogP contribution in [0, 0.1) is 5.92 Å². The quantitative estimate of drug-likeness (QED) is 0.693. The molecule has 0 saturated carbocycles. The molecule has 0 spiro atoms. The van der Waals surface area contributed by atoms with E-state index in [1.807, 2.05) is 0 Å². The first-order valence-corrected chi connectivity index (χ1v) is 7.56. The van der Waals surface area contributed by atoms with Gasteiger partial charge in [0.2, 0.25) is 15.9 Å². The van der Waals surface area contributed by atoms with Gasteiger partial charge in [0.25, 0.3) is 0 Å². The summed E-state index contributed by atoms with van der Waals surface area (Å²) in [7, 11) is -3.22. The minimum Gasteiger partial charge on any atom is -0.392 e. The lowest BCUT2D eigenvalue weighted by Gasteiger charge is -2.30. The molecular weight excluding hydrogens is 244 g/mol. The third-order valence-electron chi connectivity index (χ3n) is 2.80. The van der Waals surface area contributed by atoms with Crippen molar-refractivity contribution in [3.8, 4) is 0 Å². The molecule has 7 heteroatoms. The summed E-state index contributed by atoms with van der Waals surface area (Å²) in [6.07, 6.45) is 1.95. The van der Waals surface area contributed by atoms with Crippen molar-refractivity contribution in [1.82, 2.24) is 9.62 Å². The Morgan fingerprint density at radius 2 is 2.24 bits per heavy atom. The summed E-state index contributed by atoms with van der Waals surface area (Å²) in [5.41, 5.74) is 0. The van der Waals surface area contributed by atoms with Crippen LogP contribution in [0.5, 0.6) is 0 Å². The zero-order valence-electron chi connectivity index (χ0n) is 10.2. The number of aliphatic hydroxyl groups excluding tert-OH is 1. The maximum atomic E-state index is 11.7. The van der Waals surface area contributed by atoms with Crippen molar-refractivity contribution in [2.45, 2.75) is 25.9 Å². The standard InChI is InChI=1S/C10H20N2O4S/c1-8(13)6-11-10(14)9-4-3-5-12(7-9)17(2,15)16/h8-9,13H,3-7H2,1-2H3,(H,11,14)/t8-,9?/m0/s1. The van der Waals surface area contributed by atoms with Crippen LogP contribution in [0.1, 0.15) is 19.8 Å². The molecule has 100 valence electrons. The summed E-state index contributed by atoms with van der Waals surface area (Å²) in [4.78, 5) is 11.7. The van der Waals surface area contributed by atoms with E-state index in [4.69, 9.17) is 5.11 Å². The second kappa shape index (κ2) is 5.79. The Labute approximate surface area is 102 Å². The molecule has 1 unspecified atom stereocenters. The predicted octanol–water partition coefficient (Wildman–Crippen LogP) is -0.845. The topological polar surface area (TPSA) is 86.7 Å². The molecule has 0 aromatic carbocycles. The van der Waals surface area contributed by atoms with Crippen molar-refractivity contribution < 1.29 is 18.3 Å². The highest BCUT2D eigenvalue weighted by Gasteiger charge is 2.29. The number of nitrogens with one attached hydrogen (secondary N) is 1. The van der Waals surface area contributed by atoms with Crippen LogP contribution in [-0.2, 0) is 14.8 Å². The van der Waals surface area contributed by atoms with E-state index < -0.39 is 16.1 Å². The van der Waals surface area contributed by atoms with E-state index in [1.165, 1.54) is 4.31 Å². The van der Waals surface area contributed by atoms with Crippen molar-refractivity contribution in [1.29, 1.82) is 0 Å². The van der Waals surface area contributed by atoms with Crippen LogP contribution >= 0.6 is 0 Å². The first kappa shape index (κ1) is 14.4. The molecule has 2 atom stereocenters. The van der Waals surface area contributed by atoms with E-state index in [0.717, 1.165) is 6.26 Å². The summed E-state index contributed by atoms with van der Waals surface area (Å²) >= 11 is 0. The smallest absolute Gasteiger partial charge is 0.224 e. The van der Waals surface area contributed by atoms with Gasteiger partial charge in [0.05, 0.1) is 18.3 Å². The van der Waals surface area contributed by atoms with Gasteiger partial charge < -0.3 is 10.4 Å². The van der Waals surface area contributed by atoms with Crippen molar-refractivity contribution in [2.24, 2.45) is 5.92 Å². The van der Waals surface area contributed by atoms with Gasteiger partial charge in [-0.3, -0.25) is 4.79 Å². The van der Waals surface area contributed by atoms with Crippen molar-refractivity contribution in [3.05, 3.63) is 0 Å². The Kier molecular flexibility index (Phi) is 4.91. The van der Waals surface area contributed by atoms with Crippen LogP contribution < -0.4 is 5.32 Å². The second-order valence-electron chi connectivity index (χ2n) is 4.55. The number of amides is 1. The molecular formula is C10H20N2O4S. The highest BCUT2D eigenvalue weighted by molar-refractivity contribution is 7.88. The van der Waals surface area contributed by atoms with Crippen molar-refractivity contribution in [2.75, 3.05) is 25.9 Å². The van der Waals surface area contributed by atoms with Crippen LogP contribution in [-0.4, -0.2) is 55.7 Å². The summed E-state index contributed by atoms with van der Waals surface area (Å²) < 4.78 is 24.1. The van der Waals surface area contributed by atoms with Gasteiger partial charge in [0.1, 0.15) is 0 Å². The molecule has 0 aromatic rings. The fraction of sp³-hybridized carbons (Fsp3) is 0.900. The number of hydrogen-bond donors (Lipinski definition) is 2. The maximum Gasteiger partial charge on any atom is 0.224 e. The zero-order valence-corrected chi connectivity index (χ0v) is 11.0. The zero-order chi connectivity index (χ0) is 13.1. The second-order valence-corrected chi connectivity index (χ2v) is 6.54. The molecule has 6 nitrogen and oxygen atoms in total. The fourth-order valence-electron chi connectivity index (χ4n) is 1.85. The van der Waals surface area contributed by atoms with Gasteiger partial charge in [0.15, 0.2) is 0 Å². The Bertz CT molecular complexity index is 367. The summed E-state index contributed by atoms with van der Waals surface area (Å²) in [5, 5.41) is 11.7. The first-order chi connectivity index (χ1) is 7.80. The monoisotopic (exact) mass is 264 g/mol. The number of carbonyl (C=O) groups is 1. The van der Waals surface area contributed by atoms with Gasteiger partial charge in [0, 0.05) is 19.6 Å². The highest BCUT2D eigenvalue weighted by atomic mass is 32.2. The lowest BCUT2D eigenvalue weighted by atomic mass is 9.99. The maximum absolute atomic E-state index is 11.7. The van der Waals surface area contributed by atoms with Crippen molar-refractivity contribution >= 4 is 15.9 Å². The number of rotatable bonds is 4. The Morgan fingerprint density at radius 3 is 2.76 bits per heavy atom. The molecule has 0 bridgehead atoms. The minimum absolute atomic E-state index is 0.181. The van der Waals surface area contributed by atoms with E-state index in [9.17, 15) is 13.2 Å². The van der Waals surface area contributed by atoms with E-state index in [-0.39, 0.29) is 24.9 Å². The molecule has 0 aliphatic carbocycles. The average Bonchev–Trinajstić information content (AvgIpc) is 2.25. The number of carbonyl (C=O) groups excluding carboxylic acids is 1. The number of piperidine rings is 1. The predicted molar refractivity (Wildman–Crippen MR) is 63.8 cm³/mol. The van der Waals surface area contributed by atoms with E-state index in [2.05, 4.69) is 5.32 Å². The Hall–Kier alpha value is -0.660. The normalized spacial score (nSPS) is 24.3. The van der Waals surface area contributed by atoms with E-state index in [1.54, 1.807) is 6.92 Å². The summed E-state index contributed by atoms with van der Waals surface area (Å²) in [6.45, 7) is 2.52. The molecule has 1 saturated heterocycles. The molecule has 1 aliphatic rings. The molecule has 1 heterocycles. The van der Waals surface area contributed by atoms with Gasteiger partial charge in [-0.05, 0) is 19.8 Å². The summed E-state index contributed by atoms with van der Waals surface area (Å²) in [5.74, 6) is -0.489. The largest absolute Gasteiger partial charge is 0.392 e. The number of aliphatic hydroxyl groups is 1. The molecule has 1 fully saturated rings. The molecule has 0 aromatic heterocycles. The van der Waals surface area contributed by atoms with Gasteiger partial charge in [-0.2, -0.15) is 0 Å². The fourth-order valence-corrected chi connectivity index (χ4v) is 2.76. The van der Waals surface area contributed by atoms with Gasteiger partial charge in [-0.25, -0.2) is 12.7 Å². The van der Waals surface area contributed by atoms with Gasteiger partial charge in [-0.1, -0.05) is 0 Å². The number of hydrogen-bond acceptors (Lipinski definition) is 4. The number of nitrogens with zero attached hydrogens (tertiary/aromatic N) is 1. The van der Waals surface area contributed by atoms with Crippen LogP contribution in [0.2, 0.25) is 0 Å². The first-order valence-electron chi connectivity index (χ1n) is 5.71. The summed E-state index contributed by atoms with van der Waals surface area (Å²) in [6, 6.07) is 0. The Balaban J connectivity index is 2.52. The van der Waals surface area contributed by atoms with E-state index in [0.29, 0.717) is 19.4 Å².